The number of piperidine rings is 1. The number of likely N-dealkylation sites (tertiary alicyclic amines) is 1. The van der Waals surface area contributed by atoms with Gasteiger partial charge in [-0.2, -0.15) is 0 Å². The molecule has 2 N–H and O–H groups in total. The third-order valence-corrected chi connectivity index (χ3v) is 11.6. The topological polar surface area (TPSA) is 62.2 Å². The van der Waals surface area contributed by atoms with Gasteiger partial charge in [0.15, 0.2) is 11.5 Å². The lowest BCUT2D eigenvalue weighted by Gasteiger charge is -2.75. The van der Waals surface area contributed by atoms with Crippen molar-refractivity contribution in [3.63, 3.8) is 0 Å². The van der Waals surface area contributed by atoms with Crippen LogP contribution in [-0.2, 0) is 16.6 Å². The molecule has 35 heavy (non-hydrogen) atoms. The van der Waals surface area contributed by atoms with Crippen molar-refractivity contribution in [3.05, 3.63) is 23.3 Å². The first-order valence-corrected chi connectivity index (χ1v) is 14.2. The third kappa shape index (κ3) is 2.71. The van der Waals surface area contributed by atoms with Crippen LogP contribution in [0.25, 0.3) is 0 Å². The van der Waals surface area contributed by atoms with Crippen molar-refractivity contribution in [1.82, 2.24) is 4.90 Å². The molecule has 4 bridgehead atoms. The second-order valence-electron chi connectivity index (χ2n) is 13.7. The summed E-state index contributed by atoms with van der Waals surface area (Å²) in [4.78, 5) is 2.83. The van der Waals surface area contributed by atoms with Crippen LogP contribution in [0.2, 0.25) is 0 Å². The number of aliphatic hydroxyl groups is 1. The second-order valence-corrected chi connectivity index (χ2v) is 13.7. The Hall–Kier alpha value is -1.30. The number of hydrogen-bond donors (Lipinski definition) is 2. The summed E-state index contributed by atoms with van der Waals surface area (Å²) in [5.74, 6) is 2.43. The first-order chi connectivity index (χ1) is 16.7. The van der Waals surface area contributed by atoms with E-state index in [-0.39, 0.29) is 28.6 Å². The molecule has 7 aliphatic rings. The van der Waals surface area contributed by atoms with Gasteiger partial charge in [-0.1, -0.05) is 19.9 Å². The molecule has 0 aromatic heterocycles. The Labute approximate surface area is 210 Å². The molecule has 1 aromatic carbocycles. The highest BCUT2D eigenvalue weighted by atomic mass is 16.6. The highest BCUT2D eigenvalue weighted by Crippen LogP contribution is 2.77. The number of fused-ring (bicyclic) bond motifs is 2. The van der Waals surface area contributed by atoms with Crippen LogP contribution in [0, 0.1) is 23.2 Å². The molecule has 0 radical (unpaired) electrons. The lowest BCUT2D eigenvalue weighted by molar-refractivity contribution is -0.303. The molecule has 4 saturated carbocycles. The Bertz CT molecular complexity index is 1050. The minimum atomic E-state index is -0.814. The van der Waals surface area contributed by atoms with Gasteiger partial charge in [-0.05, 0) is 94.7 Å². The van der Waals surface area contributed by atoms with Crippen molar-refractivity contribution in [2.24, 2.45) is 23.2 Å². The maximum absolute atomic E-state index is 12.1. The minimum absolute atomic E-state index is 0.0204. The largest absolute Gasteiger partial charge is 0.504 e. The van der Waals surface area contributed by atoms with Crippen molar-refractivity contribution in [1.29, 1.82) is 0 Å². The fourth-order valence-electron chi connectivity index (χ4n) is 9.88. The van der Waals surface area contributed by atoms with Crippen molar-refractivity contribution in [2.75, 3.05) is 20.2 Å². The van der Waals surface area contributed by atoms with Crippen LogP contribution < -0.4 is 4.74 Å². The molecule has 8 rings (SSSR count). The van der Waals surface area contributed by atoms with Crippen LogP contribution >= 0.6 is 0 Å². The first-order valence-electron chi connectivity index (χ1n) is 14.2. The minimum Gasteiger partial charge on any atom is -0.504 e. The number of nitrogens with zero attached hydrogens (tertiary/aromatic N) is 1. The molecule has 0 amide bonds. The maximum Gasteiger partial charge on any atom is 0.165 e. The van der Waals surface area contributed by atoms with Crippen LogP contribution in [-0.4, -0.2) is 58.7 Å². The number of phenolic OH excluding ortho intramolecular Hbond substituents is 1. The average molecular weight is 482 g/mol. The van der Waals surface area contributed by atoms with E-state index in [2.05, 4.69) is 31.7 Å². The number of rotatable bonds is 7. The molecular weight excluding hydrogens is 438 g/mol. The summed E-state index contributed by atoms with van der Waals surface area (Å²) in [6, 6.07) is 4.49. The van der Waals surface area contributed by atoms with E-state index in [0.717, 1.165) is 63.2 Å². The van der Waals surface area contributed by atoms with E-state index in [1.54, 1.807) is 0 Å². The number of aromatic hydroxyl groups is 1. The van der Waals surface area contributed by atoms with Crippen molar-refractivity contribution in [2.45, 2.75) is 107 Å². The van der Waals surface area contributed by atoms with E-state index in [1.165, 1.54) is 30.5 Å². The van der Waals surface area contributed by atoms with Crippen LogP contribution in [0.4, 0.5) is 0 Å². The predicted molar refractivity (Wildman–Crippen MR) is 135 cm³/mol. The summed E-state index contributed by atoms with van der Waals surface area (Å²) in [6.07, 6.45) is 9.55. The molecule has 2 spiro atoms. The molecule has 7 atom stereocenters. The van der Waals surface area contributed by atoms with Crippen LogP contribution in [0.15, 0.2) is 12.1 Å². The highest BCUT2D eigenvalue weighted by molar-refractivity contribution is 5.63. The summed E-state index contributed by atoms with van der Waals surface area (Å²) < 4.78 is 13.5. The van der Waals surface area contributed by atoms with E-state index in [9.17, 15) is 10.2 Å². The molecule has 2 heterocycles. The van der Waals surface area contributed by atoms with Gasteiger partial charge < -0.3 is 19.7 Å². The summed E-state index contributed by atoms with van der Waals surface area (Å²) in [7, 11) is 1.84. The third-order valence-electron chi connectivity index (χ3n) is 11.6. The van der Waals surface area contributed by atoms with E-state index in [4.69, 9.17) is 9.47 Å². The summed E-state index contributed by atoms with van der Waals surface area (Å²) in [6.45, 7) is 8.87. The van der Waals surface area contributed by atoms with Crippen LogP contribution in [0.3, 0.4) is 0 Å². The molecule has 5 fully saturated rings. The average Bonchev–Trinajstić information content (AvgIpc) is 3.57. The second kappa shape index (κ2) is 7.17. The Morgan fingerprint density at radius 1 is 1.23 bits per heavy atom. The monoisotopic (exact) mass is 481 g/mol. The number of benzene rings is 1. The SMILES string of the molecule is COC12CC[C@]3(CC1[C@](C)(O)CCC(C)C)[C@H]1Cc4ccc(O)c5c4C3(CCN1CC1CC1)[C@H]2O5. The zero-order valence-corrected chi connectivity index (χ0v) is 22.0. The van der Waals surface area contributed by atoms with Gasteiger partial charge in [-0.25, -0.2) is 0 Å². The van der Waals surface area contributed by atoms with E-state index in [0.29, 0.717) is 12.0 Å². The summed E-state index contributed by atoms with van der Waals surface area (Å²) >= 11 is 0. The smallest absolute Gasteiger partial charge is 0.165 e. The van der Waals surface area contributed by atoms with E-state index in [1.807, 2.05) is 13.2 Å². The van der Waals surface area contributed by atoms with Gasteiger partial charge in [0.1, 0.15) is 11.7 Å². The van der Waals surface area contributed by atoms with Gasteiger partial charge in [0.25, 0.3) is 0 Å². The number of hydrogen-bond acceptors (Lipinski definition) is 5. The predicted octanol–water partition coefficient (Wildman–Crippen LogP) is 4.80. The first kappa shape index (κ1) is 22.9. The molecular formula is C30H43NO4. The molecule has 192 valence electrons. The summed E-state index contributed by atoms with van der Waals surface area (Å²) in [5.41, 5.74) is 1.25. The molecule has 5 heteroatoms. The molecule has 2 aliphatic heterocycles. The van der Waals surface area contributed by atoms with Crippen molar-refractivity contribution < 1.29 is 19.7 Å². The van der Waals surface area contributed by atoms with Crippen molar-refractivity contribution >= 4 is 0 Å². The van der Waals surface area contributed by atoms with E-state index >= 15 is 0 Å². The normalized spacial score (nSPS) is 42.6. The Balaban J connectivity index is 1.41. The quantitative estimate of drug-likeness (QED) is 0.586. The van der Waals surface area contributed by atoms with Crippen molar-refractivity contribution in [3.8, 4) is 11.5 Å². The van der Waals surface area contributed by atoms with Crippen LogP contribution in [0.1, 0.15) is 83.3 Å². The van der Waals surface area contributed by atoms with E-state index < -0.39 is 11.2 Å². The van der Waals surface area contributed by atoms with Gasteiger partial charge in [-0.3, -0.25) is 4.90 Å². The van der Waals surface area contributed by atoms with Gasteiger partial charge in [0.05, 0.1) is 5.60 Å². The van der Waals surface area contributed by atoms with Gasteiger partial charge in [0.2, 0.25) is 0 Å². The number of methoxy groups -OCH3 is 1. The lowest BCUT2D eigenvalue weighted by atomic mass is 9.33. The summed E-state index contributed by atoms with van der Waals surface area (Å²) in [5, 5.41) is 23.1. The Kier molecular flexibility index (Phi) is 4.68. The number of ether oxygens (including phenoxy) is 2. The zero-order chi connectivity index (χ0) is 24.4. The van der Waals surface area contributed by atoms with Crippen LogP contribution in [0.5, 0.6) is 11.5 Å². The zero-order valence-electron chi connectivity index (χ0n) is 22.0. The fraction of sp³-hybridized carbons (Fsp3) is 0.800. The van der Waals surface area contributed by atoms with Gasteiger partial charge >= 0.3 is 0 Å². The molecule has 1 saturated heterocycles. The molecule has 5 nitrogen and oxygen atoms in total. The molecule has 3 unspecified atom stereocenters. The van der Waals surface area contributed by atoms with Gasteiger partial charge in [0, 0.05) is 42.0 Å². The highest BCUT2D eigenvalue weighted by Gasteiger charge is 2.81. The molecule has 1 aromatic rings. The van der Waals surface area contributed by atoms with Gasteiger partial charge in [-0.15, -0.1) is 0 Å². The Morgan fingerprint density at radius 2 is 2.03 bits per heavy atom. The maximum atomic E-state index is 12.1. The number of phenols is 1. The lowest BCUT2D eigenvalue weighted by Crippen LogP contribution is -2.82. The Morgan fingerprint density at radius 3 is 2.74 bits per heavy atom. The standard InChI is InChI=1S/C30H43NO4/c1-18(2)9-10-27(3,33)22-16-28-11-12-30(22,34-4)26-29(28)13-14-31(17-19-5-6-19)23(28)15-20-7-8-21(32)25(35-26)24(20)29/h7-8,18-19,22-23,26,32-33H,5-6,9-17H2,1-4H3/t22?,23-,26-,27-,28+,29?,30?/m1/s1. The molecule has 5 aliphatic carbocycles. The fourth-order valence-corrected chi connectivity index (χ4v) is 9.88.